The highest BCUT2D eigenvalue weighted by Crippen LogP contribution is 2.14. The van der Waals surface area contributed by atoms with E-state index in [0.29, 0.717) is 17.9 Å². The first kappa shape index (κ1) is 11.5. The fourth-order valence-corrected chi connectivity index (χ4v) is 1.77. The standard InChI is InChI=1S/C12H11FN6/c1-18-7-9(6-14-18)8-19-16-12(15-17-19)10-3-2-4-11(13)5-10/h2-7H,8H2,1H3. The van der Waals surface area contributed by atoms with Gasteiger partial charge in [0, 0.05) is 24.4 Å². The predicted molar refractivity (Wildman–Crippen MR) is 65.5 cm³/mol. The quantitative estimate of drug-likeness (QED) is 0.709. The second kappa shape index (κ2) is 4.60. The van der Waals surface area contributed by atoms with Crippen LogP contribution in [-0.2, 0) is 13.6 Å². The molecule has 0 aliphatic rings. The molecule has 2 heterocycles. The van der Waals surface area contributed by atoms with Crippen LogP contribution in [0.5, 0.6) is 0 Å². The van der Waals surface area contributed by atoms with Crippen LogP contribution in [-0.4, -0.2) is 30.0 Å². The minimum absolute atomic E-state index is 0.318. The fraction of sp³-hybridized carbons (Fsp3) is 0.167. The van der Waals surface area contributed by atoms with Gasteiger partial charge in [-0.1, -0.05) is 12.1 Å². The summed E-state index contributed by atoms with van der Waals surface area (Å²) in [5.74, 6) is 0.0875. The molecule has 1 aromatic carbocycles. The van der Waals surface area contributed by atoms with E-state index in [2.05, 4.69) is 20.5 Å². The van der Waals surface area contributed by atoms with Gasteiger partial charge in [-0.25, -0.2) is 4.39 Å². The van der Waals surface area contributed by atoms with E-state index in [4.69, 9.17) is 0 Å². The Bertz CT molecular complexity index is 702. The maximum Gasteiger partial charge on any atom is 0.205 e. The molecular weight excluding hydrogens is 247 g/mol. The highest BCUT2D eigenvalue weighted by atomic mass is 19.1. The van der Waals surface area contributed by atoms with Crippen molar-refractivity contribution < 1.29 is 4.39 Å². The number of halogens is 1. The van der Waals surface area contributed by atoms with Gasteiger partial charge in [-0.05, 0) is 17.3 Å². The Hall–Kier alpha value is -2.57. The number of nitrogens with zero attached hydrogens (tertiary/aromatic N) is 6. The Kier molecular flexibility index (Phi) is 2.79. The third kappa shape index (κ3) is 2.49. The summed E-state index contributed by atoms with van der Waals surface area (Å²) in [6, 6.07) is 6.12. The zero-order chi connectivity index (χ0) is 13.2. The van der Waals surface area contributed by atoms with E-state index in [1.807, 2.05) is 13.2 Å². The highest BCUT2D eigenvalue weighted by molar-refractivity contribution is 5.53. The zero-order valence-electron chi connectivity index (χ0n) is 10.2. The molecule has 19 heavy (non-hydrogen) atoms. The summed E-state index contributed by atoms with van der Waals surface area (Å²) in [5, 5.41) is 16.1. The Morgan fingerprint density at radius 1 is 1.32 bits per heavy atom. The van der Waals surface area contributed by atoms with Crippen LogP contribution >= 0.6 is 0 Å². The molecule has 0 saturated heterocycles. The van der Waals surface area contributed by atoms with Gasteiger partial charge < -0.3 is 0 Å². The Morgan fingerprint density at radius 2 is 2.21 bits per heavy atom. The number of rotatable bonds is 3. The summed E-state index contributed by atoms with van der Waals surface area (Å²) in [4.78, 5) is 1.46. The first-order valence-electron chi connectivity index (χ1n) is 5.72. The van der Waals surface area contributed by atoms with Crippen LogP contribution in [0.15, 0.2) is 36.7 Å². The monoisotopic (exact) mass is 258 g/mol. The van der Waals surface area contributed by atoms with E-state index in [1.54, 1.807) is 23.0 Å². The van der Waals surface area contributed by atoms with Crippen LogP contribution < -0.4 is 0 Å². The van der Waals surface area contributed by atoms with Gasteiger partial charge in [-0.15, -0.1) is 10.2 Å². The largest absolute Gasteiger partial charge is 0.275 e. The number of aryl methyl sites for hydroxylation is 1. The van der Waals surface area contributed by atoms with Crippen molar-refractivity contribution in [2.75, 3.05) is 0 Å². The van der Waals surface area contributed by atoms with Crippen molar-refractivity contribution in [3.63, 3.8) is 0 Å². The molecule has 7 heteroatoms. The first-order valence-corrected chi connectivity index (χ1v) is 5.72. The lowest BCUT2D eigenvalue weighted by Gasteiger charge is -1.95. The molecule has 96 valence electrons. The van der Waals surface area contributed by atoms with Crippen LogP contribution in [0.4, 0.5) is 4.39 Å². The van der Waals surface area contributed by atoms with Crippen LogP contribution in [0.2, 0.25) is 0 Å². The van der Waals surface area contributed by atoms with Crippen molar-refractivity contribution in [3.8, 4) is 11.4 Å². The second-order valence-electron chi connectivity index (χ2n) is 4.18. The van der Waals surface area contributed by atoms with Crippen LogP contribution in [0.3, 0.4) is 0 Å². The molecule has 0 unspecified atom stereocenters. The predicted octanol–water partition coefficient (Wildman–Crippen LogP) is 1.26. The summed E-state index contributed by atoms with van der Waals surface area (Å²) in [7, 11) is 1.84. The van der Waals surface area contributed by atoms with Crippen molar-refractivity contribution in [2.24, 2.45) is 7.05 Å². The average molecular weight is 258 g/mol. The van der Waals surface area contributed by atoms with E-state index in [9.17, 15) is 4.39 Å². The van der Waals surface area contributed by atoms with Crippen LogP contribution in [0.25, 0.3) is 11.4 Å². The Labute approximate surface area is 108 Å². The fourth-order valence-electron chi connectivity index (χ4n) is 1.77. The maximum atomic E-state index is 13.1. The van der Waals surface area contributed by atoms with Crippen molar-refractivity contribution in [1.29, 1.82) is 0 Å². The van der Waals surface area contributed by atoms with Crippen LogP contribution in [0.1, 0.15) is 5.56 Å². The molecule has 3 aromatic rings. The van der Waals surface area contributed by atoms with Gasteiger partial charge in [0.05, 0.1) is 12.7 Å². The Balaban J connectivity index is 1.83. The van der Waals surface area contributed by atoms with E-state index in [0.717, 1.165) is 5.56 Å². The van der Waals surface area contributed by atoms with Crippen molar-refractivity contribution in [2.45, 2.75) is 6.54 Å². The van der Waals surface area contributed by atoms with Crippen LogP contribution in [0, 0.1) is 5.82 Å². The van der Waals surface area contributed by atoms with Gasteiger partial charge in [0.1, 0.15) is 5.82 Å². The minimum Gasteiger partial charge on any atom is -0.275 e. The van der Waals surface area contributed by atoms with Gasteiger partial charge >= 0.3 is 0 Å². The van der Waals surface area contributed by atoms with Gasteiger partial charge in [0.15, 0.2) is 0 Å². The van der Waals surface area contributed by atoms with Gasteiger partial charge in [0.2, 0.25) is 5.82 Å². The molecule has 0 saturated carbocycles. The highest BCUT2D eigenvalue weighted by Gasteiger charge is 2.07. The summed E-state index contributed by atoms with van der Waals surface area (Å²) in [6.07, 6.45) is 3.62. The second-order valence-corrected chi connectivity index (χ2v) is 4.18. The molecule has 0 bridgehead atoms. The molecular formula is C12H11FN6. The molecule has 3 rings (SSSR count). The lowest BCUT2D eigenvalue weighted by atomic mass is 10.2. The molecule has 0 amide bonds. The number of hydrogen-bond acceptors (Lipinski definition) is 4. The van der Waals surface area contributed by atoms with E-state index in [-0.39, 0.29) is 5.82 Å². The minimum atomic E-state index is -0.318. The SMILES string of the molecule is Cn1cc(Cn2nnc(-c3cccc(F)c3)n2)cn1. The number of aromatic nitrogens is 6. The van der Waals surface area contributed by atoms with E-state index in [1.165, 1.54) is 16.9 Å². The molecule has 0 atom stereocenters. The molecule has 0 aliphatic heterocycles. The maximum absolute atomic E-state index is 13.1. The van der Waals surface area contributed by atoms with Gasteiger partial charge in [0.25, 0.3) is 0 Å². The van der Waals surface area contributed by atoms with Gasteiger partial charge in [-0.2, -0.15) is 9.90 Å². The average Bonchev–Trinajstić information content (AvgIpc) is 2.99. The van der Waals surface area contributed by atoms with Gasteiger partial charge in [-0.3, -0.25) is 4.68 Å². The number of benzene rings is 1. The Morgan fingerprint density at radius 3 is 2.95 bits per heavy atom. The number of hydrogen-bond donors (Lipinski definition) is 0. The molecule has 2 aromatic heterocycles. The van der Waals surface area contributed by atoms with E-state index < -0.39 is 0 Å². The molecule has 0 spiro atoms. The lowest BCUT2D eigenvalue weighted by Crippen LogP contribution is -2.03. The smallest absolute Gasteiger partial charge is 0.205 e. The summed E-state index contributed by atoms with van der Waals surface area (Å²) in [5.41, 5.74) is 1.59. The molecule has 0 aliphatic carbocycles. The van der Waals surface area contributed by atoms with E-state index >= 15 is 0 Å². The first-order chi connectivity index (χ1) is 9.20. The summed E-state index contributed by atoms with van der Waals surface area (Å²) in [6.45, 7) is 0.482. The third-order valence-corrected chi connectivity index (χ3v) is 2.62. The summed E-state index contributed by atoms with van der Waals surface area (Å²) < 4.78 is 14.8. The molecule has 0 fully saturated rings. The normalized spacial score (nSPS) is 10.8. The lowest BCUT2D eigenvalue weighted by molar-refractivity contribution is 0.572. The summed E-state index contributed by atoms with van der Waals surface area (Å²) >= 11 is 0. The number of tetrazole rings is 1. The third-order valence-electron chi connectivity index (χ3n) is 2.62. The zero-order valence-corrected chi connectivity index (χ0v) is 10.2. The topological polar surface area (TPSA) is 61.4 Å². The molecule has 6 nitrogen and oxygen atoms in total. The van der Waals surface area contributed by atoms with Crippen molar-refractivity contribution in [1.82, 2.24) is 30.0 Å². The van der Waals surface area contributed by atoms with Crippen molar-refractivity contribution >= 4 is 0 Å². The molecule has 0 radical (unpaired) electrons. The molecule has 0 N–H and O–H groups in total. The van der Waals surface area contributed by atoms with Crippen molar-refractivity contribution in [3.05, 3.63) is 48.0 Å².